The quantitative estimate of drug-likeness (QED) is 0.724. The van der Waals surface area contributed by atoms with Gasteiger partial charge in [0.2, 0.25) is 0 Å². The lowest BCUT2D eigenvalue weighted by Crippen LogP contribution is -2.57. The Hall–Kier alpha value is -0.560. The van der Waals surface area contributed by atoms with Gasteiger partial charge < -0.3 is 5.11 Å². The van der Waals surface area contributed by atoms with Gasteiger partial charge >= 0.3 is 0 Å². The molecular weight excluding hydrogens is 256 g/mol. The summed E-state index contributed by atoms with van der Waals surface area (Å²) in [5.74, 6) is 3.76. The highest BCUT2D eigenvalue weighted by atomic mass is 16.3. The van der Waals surface area contributed by atoms with Gasteiger partial charge in [-0.25, -0.2) is 0 Å². The van der Waals surface area contributed by atoms with Gasteiger partial charge in [-0.05, 0) is 69.1 Å². The molecule has 1 nitrogen and oxygen atoms in total. The van der Waals surface area contributed by atoms with Crippen LogP contribution in [0.5, 0.6) is 0 Å². The van der Waals surface area contributed by atoms with E-state index in [1.807, 2.05) is 0 Å². The fourth-order valence-corrected chi connectivity index (χ4v) is 6.06. The average molecular weight is 288 g/mol. The fourth-order valence-electron chi connectivity index (χ4n) is 6.06. The molecule has 0 aromatic heterocycles. The predicted octanol–water partition coefficient (Wildman–Crippen LogP) is 4.97. The molecule has 0 aromatic carbocycles. The molecule has 0 heterocycles. The van der Waals surface area contributed by atoms with Crippen molar-refractivity contribution in [3.8, 4) is 0 Å². The molecule has 3 aliphatic rings. The molecule has 3 fully saturated rings. The van der Waals surface area contributed by atoms with Crippen LogP contribution in [0.4, 0.5) is 0 Å². The number of hydrogen-bond acceptors (Lipinski definition) is 1. The van der Waals surface area contributed by atoms with Gasteiger partial charge in [-0.1, -0.05) is 44.1 Å². The minimum Gasteiger partial charge on any atom is -0.393 e. The number of fused-ring (bicyclic) bond motifs is 4. The summed E-state index contributed by atoms with van der Waals surface area (Å²) < 4.78 is 0. The molecule has 3 saturated carbocycles. The minimum absolute atomic E-state index is 0.0979. The minimum atomic E-state index is -0.0979. The molecule has 1 N–H and O–H groups in total. The van der Waals surface area contributed by atoms with Crippen LogP contribution in [0.3, 0.4) is 0 Å². The zero-order chi connectivity index (χ0) is 15.4. The zero-order valence-electron chi connectivity index (χ0n) is 14.2. The highest BCUT2D eigenvalue weighted by molar-refractivity contribution is 5.24. The van der Waals surface area contributed by atoms with Crippen molar-refractivity contribution in [1.82, 2.24) is 0 Å². The van der Waals surface area contributed by atoms with Crippen molar-refractivity contribution in [2.75, 3.05) is 0 Å². The highest BCUT2D eigenvalue weighted by Crippen LogP contribution is 2.73. The van der Waals surface area contributed by atoms with Gasteiger partial charge in [0.05, 0.1) is 6.10 Å². The molecule has 3 rings (SSSR count). The zero-order valence-corrected chi connectivity index (χ0v) is 14.2. The van der Waals surface area contributed by atoms with E-state index in [2.05, 4.69) is 40.3 Å². The van der Waals surface area contributed by atoms with Gasteiger partial charge in [0.25, 0.3) is 0 Å². The molecule has 3 aliphatic carbocycles. The second-order valence-corrected chi connectivity index (χ2v) is 8.47. The van der Waals surface area contributed by atoms with E-state index in [1.54, 1.807) is 0 Å². The highest BCUT2D eigenvalue weighted by Gasteiger charge is 2.70. The first-order valence-corrected chi connectivity index (χ1v) is 8.86. The van der Waals surface area contributed by atoms with Crippen molar-refractivity contribution in [2.24, 2.45) is 35.0 Å². The summed E-state index contributed by atoms with van der Waals surface area (Å²) >= 11 is 0. The van der Waals surface area contributed by atoms with Crippen LogP contribution in [-0.4, -0.2) is 11.2 Å². The Balaban J connectivity index is 1.73. The van der Waals surface area contributed by atoms with Crippen LogP contribution in [0.1, 0.15) is 59.8 Å². The maximum Gasteiger partial charge on any atom is 0.0605 e. The average Bonchev–Trinajstić information content (AvgIpc) is 2.84. The molecule has 0 aliphatic heterocycles. The molecule has 0 amide bonds. The van der Waals surface area contributed by atoms with E-state index in [1.165, 1.54) is 24.0 Å². The van der Waals surface area contributed by atoms with Gasteiger partial charge in [-0.3, -0.25) is 0 Å². The van der Waals surface area contributed by atoms with Crippen molar-refractivity contribution in [2.45, 2.75) is 65.9 Å². The summed E-state index contributed by atoms with van der Waals surface area (Å²) in [7, 11) is 0. The van der Waals surface area contributed by atoms with E-state index in [0.717, 1.165) is 37.0 Å². The molecule has 0 aromatic rings. The molecule has 0 saturated heterocycles. The fraction of sp³-hybridized carbons (Fsp3) is 0.800. The monoisotopic (exact) mass is 288 g/mol. The van der Waals surface area contributed by atoms with Crippen molar-refractivity contribution < 1.29 is 5.11 Å². The summed E-state index contributed by atoms with van der Waals surface area (Å²) in [4.78, 5) is 0. The van der Waals surface area contributed by atoms with Gasteiger partial charge in [-0.2, -0.15) is 0 Å². The van der Waals surface area contributed by atoms with E-state index in [9.17, 15) is 5.11 Å². The van der Waals surface area contributed by atoms with E-state index in [-0.39, 0.29) is 11.5 Å². The Kier molecular flexibility index (Phi) is 3.84. The third-order valence-electron chi connectivity index (χ3n) is 7.16. The molecule has 0 radical (unpaired) electrons. The molecule has 0 unspecified atom stereocenters. The lowest BCUT2D eigenvalue weighted by Gasteiger charge is -2.58. The maximum atomic E-state index is 10.7. The molecule has 118 valence electrons. The summed E-state index contributed by atoms with van der Waals surface area (Å²) in [6.45, 7) is 13.5. The van der Waals surface area contributed by atoms with Gasteiger partial charge in [0.1, 0.15) is 0 Å². The van der Waals surface area contributed by atoms with E-state index >= 15 is 0 Å². The summed E-state index contributed by atoms with van der Waals surface area (Å²) in [6.07, 6.45) is 8.10. The Bertz CT molecular complexity index is 458. The molecule has 1 heteroatoms. The van der Waals surface area contributed by atoms with Crippen LogP contribution in [0.2, 0.25) is 0 Å². The van der Waals surface area contributed by atoms with Gasteiger partial charge in [-0.15, -0.1) is 0 Å². The van der Waals surface area contributed by atoms with Crippen LogP contribution in [-0.2, 0) is 0 Å². The topological polar surface area (TPSA) is 20.2 Å². The molecule has 0 bridgehead atoms. The predicted molar refractivity (Wildman–Crippen MR) is 88.9 cm³/mol. The number of aliphatic hydroxyl groups is 1. The number of rotatable bonds is 4. The summed E-state index contributed by atoms with van der Waals surface area (Å²) in [5.41, 5.74) is 2.99. The van der Waals surface area contributed by atoms with Crippen LogP contribution in [0, 0.1) is 35.0 Å². The maximum absolute atomic E-state index is 10.7. The van der Waals surface area contributed by atoms with Crippen LogP contribution in [0.15, 0.2) is 23.8 Å². The Labute approximate surface area is 130 Å². The third kappa shape index (κ3) is 2.15. The first kappa shape index (κ1) is 15.3. The smallest absolute Gasteiger partial charge is 0.0605 e. The lowest BCUT2D eigenvalue weighted by molar-refractivity contribution is -0.142. The van der Waals surface area contributed by atoms with Gasteiger partial charge in [0, 0.05) is 5.41 Å². The second-order valence-electron chi connectivity index (χ2n) is 8.47. The lowest BCUT2D eigenvalue weighted by atomic mass is 9.46. The standard InChI is InChI=1S/C20H32O/c1-12(2)7-6-8-13(3)15-11-17(21)20(5)16-10-9-14(4)18(16)19(15)20/h7,14-19,21H,3,6,8-11H2,1-2,4-5H3/t14-,15+,16+,17-,18-,19+,20+/m1/s1. The number of allylic oxidation sites excluding steroid dienone is 3. The Morgan fingerprint density at radius 1 is 1.33 bits per heavy atom. The van der Waals surface area contributed by atoms with Gasteiger partial charge in [0.15, 0.2) is 0 Å². The molecule has 0 spiro atoms. The Morgan fingerprint density at radius 2 is 2.05 bits per heavy atom. The van der Waals surface area contributed by atoms with E-state index in [0.29, 0.717) is 11.8 Å². The summed E-state index contributed by atoms with van der Waals surface area (Å²) in [6, 6.07) is 0. The normalized spacial score (nSPS) is 47.5. The first-order valence-electron chi connectivity index (χ1n) is 8.86. The first-order chi connectivity index (χ1) is 9.87. The van der Waals surface area contributed by atoms with Crippen LogP contribution < -0.4 is 0 Å². The van der Waals surface area contributed by atoms with E-state index in [4.69, 9.17) is 0 Å². The van der Waals surface area contributed by atoms with Crippen LogP contribution in [0.25, 0.3) is 0 Å². The molecular formula is C20H32O. The molecule has 7 atom stereocenters. The Morgan fingerprint density at radius 3 is 2.71 bits per heavy atom. The van der Waals surface area contributed by atoms with Crippen molar-refractivity contribution in [3.05, 3.63) is 23.8 Å². The SMILES string of the molecule is C=C(CCC=C(C)C)[C@@H]1C[C@@H](O)[C@@]2(C)[C@@H]1[C@@H]1[C@H](C)CC[C@@H]12. The van der Waals surface area contributed by atoms with E-state index < -0.39 is 0 Å². The largest absolute Gasteiger partial charge is 0.393 e. The van der Waals surface area contributed by atoms with Crippen molar-refractivity contribution >= 4 is 0 Å². The number of hydrogen-bond donors (Lipinski definition) is 1. The van der Waals surface area contributed by atoms with Crippen molar-refractivity contribution in [1.29, 1.82) is 0 Å². The van der Waals surface area contributed by atoms with Crippen LogP contribution >= 0.6 is 0 Å². The van der Waals surface area contributed by atoms with Crippen molar-refractivity contribution in [3.63, 3.8) is 0 Å². The third-order valence-corrected chi connectivity index (χ3v) is 7.16. The molecule has 21 heavy (non-hydrogen) atoms. The number of aliphatic hydroxyl groups excluding tert-OH is 1. The second kappa shape index (κ2) is 5.26. The summed E-state index contributed by atoms with van der Waals surface area (Å²) in [5, 5.41) is 10.7.